The van der Waals surface area contributed by atoms with E-state index in [2.05, 4.69) is 180 Å². The highest BCUT2D eigenvalue weighted by atomic mass is 28.3. The first-order chi connectivity index (χ1) is 22.3. The first kappa shape index (κ1) is 25.8. The summed E-state index contributed by atoms with van der Waals surface area (Å²) in [6, 6.07) is 64.0. The monoisotopic (exact) mass is 591 g/mol. The fraction of sp³-hybridized carbons (Fsp3) is 0. The lowest BCUT2D eigenvalue weighted by Gasteiger charge is -2.34. The van der Waals surface area contributed by atoms with Gasteiger partial charge in [0, 0.05) is 27.2 Å². The molecule has 9 aromatic rings. The van der Waals surface area contributed by atoms with Crippen LogP contribution in [0.4, 0.5) is 0 Å². The Labute approximate surface area is 262 Å². The van der Waals surface area contributed by atoms with Crippen LogP contribution in [-0.2, 0) is 0 Å². The maximum absolute atomic E-state index is 6.84. The summed E-state index contributed by atoms with van der Waals surface area (Å²) in [5, 5.41) is 10.1. The molecule has 0 saturated heterocycles. The van der Waals surface area contributed by atoms with E-state index in [9.17, 15) is 0 Å². The Kier molecular flexibility index (Phi) is 5.87. The van der Waals surface area contributed by atoms with Gasteiger partial charge in [0.1, 0.15) is 5.58 Å². The number of nitrogens with zero attached hydrogens (tertiary/aromatic N) is 1. The molecular weight excluding hydrogens is 563 g/mol. The average molecular weight is 592 g/mol. The molecule has 0 aliphatic carbocycles. The first-order valence-corrected chi connectivity index (χ1v) is 17.4. The zero-order valence-corrected chi connectivity index (χ0v) is 25.6. The van der Waals surface area contributed by atoms with Crippen LogP contribution in [0.5, 0.6) is 0 Å². The number of aromatic nitrogens is 1. The Morgan fingerprint density at radius 2 is 0.933 bits per heavy atom. The summed E-state index contributed by atoms with van der Waals surface area (Å²) < 4.78 is 9.19. The number of fused-ring (bicyclic) bond motifs is 7. The predicted octanol–water partition coefficient (Wildman–Crippen LogP) is 8.06. The van der Waals surface area contributed by atoms with Crippen LogP contribution in [0.1, 0.15) is 0 Å². The largest absolute Gasteiger partial charge is 0.454 e. The van der Waals surface area contributed by atoms with Gasteiger partial charge in [-0.15, -0.1) is 0 Å². The SMILES string of the molecule is c1ccc(-n2c3ccccc3c3ccc4c5cc([Si](c6ccccc6)(c6ccccc6)c6ccccc6)ccc5oc4c32)cc1. The van der Waals surface area contributed by atoms with Crippen molar-refractivity contribution in [3.63, 3.8) is 0 Å². The highest BCUT2D eigenvalue weighted by Gasteiger charge is 2.41. The standard InChI is InChI=1S/C42H29NOSi/c1-5-15-30(16-6-1)43-39-24-14-13-23-35(39)36-26-27-37-38-29-34(25-28-40(38)44-42(37)41(36)43)45(31-17-7-2-8-18-31,32-19-9-3-10-20-32)33-21-11-4-12-22-33/h1-29H. The van der Waals surface area contributed by atoms with Gasteiger partial charge in [-0.05, 0) is 51.1 Å². The van der Waals surface area contributed by atoms with Crippen LogP contribution in [0.3, 0.4) is 0 Å². The van der Waals surface area contributed by atoms with Crippen LogP contribution < -0.4 is 20.7 Å². The van der Waals surface area contributed by atoms with Crippen molar-refractivity contribution < 1.29 is 4.42 Å². The lowest BCUT2D eigenvalue weighted by atomic mass is 10.1. The van der Waals surface area contributed by atoms with Crippen LogP contribution in [0.15, 0.2) is 180 Å². The Hall–Kier alpha value is -5.64. The molecule has 2 nitrogen and oxygen atoms in total. The quantitative estimate of drug-likeness (QED) is 0.146. The highest BCUT2D eigenvalue weighted by molar-refractivity contribution is 7.20. The average Bonchev–Trinajstić information content (AvgIpc) is 3.66. The third-order valence-electron chi connectivity index (χ3n) is 9.34. The summed E-state index contributed by atoms with van der Waals surface area (Å²) in [6.07, 6.45) is 0. The first-order valence-electron chi connectivity index (χ1n) is 15.4. The van der Waals surface area contributed by atoms with Crippen LogP contribution in [0.25, 0.3) is 49.4 Å². The molecule has 9 rings (SSSR count). The molecule has 0 saturated carbocycles. The number of furan rings is 1. The molecule has 0 amide bonds. The molecule has 0 radical (unpaired) electrons. The molecule has 0 aliphatic heterocycles. The van der Waals surface area contributed by atoms with Crippen LogP contribution >= 0.6 is 0 Å². The lowest BCUT2D eigenvalue weighted by Crippen LogP contribution is -2.74. The molecule has 0 N–H and O–H groups in total. The van der Waals surface area contributed by atoms with Crippen LogP contribution in [0, 0.1) is 0 Å². The molecule has 45 heavy (non-hydrogen) atoms. The maximum Gasteiger partial charge on any atom is 0.179 e. The molecule has 7 aromatic carbocycles. The molecule has 2 aromatic heterocycles. The number of rotatable bonds is 5. The number of hydrogen-bond donors (Lipinski definition) is 0. The topological polar surface area (TPSA) is 18.1 Å². The minimum Gasteiger partial charge on any atom is -0.454 e. The lowest BCUT2D eigenvalue weighted by molar-refractivity contribution is 0.671. The summed E-state index contributed by atoms with van der Waals surface area (Å²) in [7, 11) is -2.67. The maximum atomic E-state index is 6.84. The van der Waals surface area contributed by atoms with E-state index in [1.54, 1.807) is 0 Å². The van der Waals surface area contributed by atoms with Crippen molar-refractivity contribution in [1.29, 1.82) is 0 Å². The fourth-order valence-corrected chi connectivity index (χ4v) is 12.2. The van der Waals surface area contributed by atoms with Gasteiger partial charge in [0.2, 0.25) is 0 Å². The van der Waals surface area contributed by atoms with Gasteiger partial charge in [-0.2, -0.15) is 0 Å². The van der Waals surface area contributed by atoms with Crippen molar-refractivity contribution in [2.24, 2.45) is 0 Å². The van der Waals surface area contributed by atoms with Gasteiger partial charge in [0.05, 0.1) is 11.0 Å². The van der Waals surface area contributed by atoms with E-state index >= 15 is 0 Å². The second-order valence-corrected chi connectivity index (χ2v) is 15.5. The summed E-state index contributed by atoms with van der Waals surface area (Å²) in [4.78, 5) is 0. The molecule has 2 heterocycles. The van der Waals surface area contributed by atoms with Crippen molar-refractivity contribution in [2.75, 3.05) is 0 Å². The normalized spacial score (nSPS) is 12.0. The van der Waals surface area contributed by atoms with E-state index in [-0.39, 0.29) is 0 Å². The second kappa shape index (κ2) is 10.2. The summed E-state index contributed by atoms with van der Waals surface area (Å²) >= 11 is 0. The van der Waals surface area contributed by atoms with E-state index in [1.165, 1.54) is 37.0 Å². The van der Waals surface area contributed by atoms with Crippen molar-refractivity contribution in [3.8, 4) is 5.69 Å². The minimum absolute atomic E-state index is 0.906. The van der Waals surface area contributed by atoms with Gasteiger partial charge in [0.25, 0.3) is 0 Å². The molecule has 0 atom stereocenters. The summed E-state index contributed by atoms with van der Waals surface area (Å²) in [5.41, 5.74) is 5.24. The van der Waals surface area contributed by atoms with Gasteiger partial charge >= 0.3 is 0 Å². The Bertz CT molecular complexity index is 2370. The molecule has 0 fully saturated rings. The third kappa shape index (κ3) is 3.81. The van der Waals surface area contributed by atoms with Gasteiger partial charge in [-0.1, -0.05) is 146 Å². The van der Waals surface area contributed by atoms with Gasteiger partial charge in [-0.3, -0.25) is 0 Å². The Morgan fingerprint density at radius 1 is 0.400 bits per heavy atom. The molecule has 3 heteroatoms. The Morgan fingerprint density at radius 3 is 1.56 bits per heavy atom. The van der Waals surface area contributed by atoms with Crippen molar-refractivity contribution in [1.82, 2.24) is 4.57 Å². The van der Waals surface area contributed by atoms with Crippen molar-refractivity contribution >= 4 is 72.6 Å². The predicted molar refractivity (Wildman–Crippen MR) is 192 cm³/mol. The summed E-state index contributed by atoms with van der Waals surface area (Å²) in [6.45, 7) is 0. The highest BCUT2D eigenvalue weighted by Crippen LogP contribution is 2.40. The molecule has 212 valence electrons. The molecule has 0 aliphatic rings. The van der Waals surface area contributed by atoms with Gasteiger partial charge in [-0.25, -0.2) is 0 Å². The number of benzene rings is 7. The zero-order chi connectivity index (χ0) is 29.8. The van der Waals surface area contributed by atoms with Crippen LogP contribution in [0.2, 0.25) is 0 Å². The van der Waals surface area contributed by atoms with Crippen LogP contribution in [-0.4, -0.2) is 12.6 Å². The molecule has 0 unspecified atom stereocenters. The van der Waals surface area contributed by atoms with E-state index in [4.69, 9.17) is 4.42 Å². The zero-order valence-electron chi connectivity index (χ0n) is 24.6. The van der Waals surface area contributed by atoms with E-state index in [1.807, 2.05) is 0 Å². The number of para-hydroxylation sites is 2. The Balaban J connectivity index is 1.39. The van der Waals surface area contributed by atoms with E-state index in [0.717, 1.165) is 33.1 Å². The molecule has 0 bridgehead atoms. The van der Waals surface area contributed by atoms with Crippen molar-refractivity contribution in [3.05, 3.63) is 176 Å². The second-order valence-electron chi connectivity index (χ2n) is 11.7. The third-order valence-corrected chi connectivity index (χ3v) is 14.1. The van der Waals surface area contributed by atoms with E-state index in [0.29, 0.717) is 0 Å². The van der Waals surface area contributed by atoms with Gasteiger partial charge < -0.3 is 8.98 Å². The smallest absolute Gasteiger partial charge is 0.179 e. The molecular formula is C42H29NOSi. The van der Waals surface area contributed by atoms with E-state index < -0.39 is 8.07 Å². The fourth-order valence-electron chi connectivity index (χ4n) is 7.43. The van der Waals surface area contributed by atoms with Crippen molar-refractivity contribution in [2.45, 2.75) is 0 Å². The molecule has 0 spiro atoms. The number of hydrogen-bond acceptors (Lipinski definition) is 1. The minimum atomic E-state index is -2.67. The van der Waals surface area contributed by atoms with Gasteiger partial charge in [0.15, 0.2) is 13.7 Å². The summed E-state index contributed by atoms with van der Waals surface area (Å²) in [5.74, 6) is 0.